The number of sulfonamides is 1. The topological polar surface area (TPSA) is 84.9 Å². The van der Waals surface area contributed by atoms with Crippen molar-refractivity contribution in [2.24, 2.45) is 0 Å². The van der Waals surface area contributed by atoms with Gasteiger partial charge in [0.2, 0.25) is 12.7 Å². The number of fused-ring (bicyclic) bond motifs is 1. The van der Waals surface area contributed by atoms with Crippen molar-refractivity contribution in [3.05, 3.63) is 35.7 Å². The molecule has 0 bridgehead atoms. The molecule has 7 nitrogen and oxygen atoms in total. The van der Waals surface area contributed by atoms with Gasteiger partial charge in [0.05, 0.1) is 0 Å². The SMILES string of the molecule is CN(CCCC(=O)Nc1ccc2c(c1)OCO2)S(=O)(=O)c1cccs1. The lowest BCUT2D eigenvalue weighted by Gasteiger charge is -2.15. The lowest BCUT2D eigenvalue weighted by atomic mass is 10.2. The van der Waals surface area contributed by atoms with E-state index in [1.807, 2.05) is 0 Å². The number of carbonyl (C=O) groups excluding carboxylic acids is 1. The van der Waals surface area contributed by atoms with Crippen molar-refractivity contribution in [1.82, 2.24) is 4.31 Å². The van der Waals surface area contributed by atoms with E-state index >= 15 is 0 Å². The Hall–Kier alpha value is -2.10. The minimum atomic E-state index is -3.47. The molecule has 3 rings (SSSR count). The maximum Gasteiger partial charge on any atom is 0.252 e. The molecule has 134 valence electrons. The van der Waals surface area contributed by atoms with Crippen LogP contribution >= 0.6 is 11.3 Å². The first kappa shape index (κ1) is 17.7. The van der Waals surface area contributed by atoms with Crippen molar-refractivity contribution in [3.63, 3.8) is 0 Å². The summed E-state index contributed by atoms with van der Waals surface area (Å²) < 4.78 is 36.6. The van der Waals surface area contributed by atoms with E-state index in [1.165, 1.54) is 22.7 Å². The molecule has 1 aliphatic heterocycles. The van der Waals surface area contributed by atoms with Gasteiger partial charge in [-0.1, -0.05) is 6.07 Å². The molecule has 0 saturated heterocycles. The Bertz CT molecular complexity index is 849. The van der Waals surface area contributed by atoms with Crippen molar-refractivity contribution in [2.45, 2.75) is 17.1 Å². The van der Waals surface area contributed by atoms with Crippen LogP contribution in [-0.2, 0) is 14.8 Å². The van der Waals surface area contributed by atoms with Gasteiger partial charge in [0.15, 0.2) is 11.5 Å². The van der Waals surface area contributed by atoms with Crippen LogP contribution < -0.4 is 14.8 Å². The fraction of sp³-hybridized carbons (Fsp3) is 0.312. The van der Waals surface area contributed by atoms with Crippen molar-refractivity contribution < 1.29 is 22.7 Å². The quantitative estimate of drug-likeness (QED) is 0.795. The molecule has 0 spiro atoms. The van der Waals surface area contributed by atoms with Crippen LogP contribution in [0.15, 0.2) is 39.9 Å². The van der Waals surface area contributed by atoms with E-state index in [1.54, 1.807) is 35.7 Å². The van der Waals surface area contributed by atoms with Crippen molar-refractivity contribution >= 4 is 33.0 Å². The van der Waals surface area contributed by atoms with E-state index in [4.69, 9.17) is 9.47 Å². The Morgan fingerprint density at radius 2 is 2.08 bits per heavy atom. The highest BCUT2D eigenvalue weighted by atomic mass is 32.2. The smallest absolute Gasteiger partial charge is 0.252 e. The Kier molecular flexibility index (Phi) is 5.26. The summed E-state index contributed by atoms with van der Waals surface area (Å²) in [5, 5.41) is 4.49. The standard InChI is InChI=1S/C16H18N2O5S2/c1-18(25(20,21)16-5-3-9-24-16)8-2-4-15(19)17-12-6-7-13-14(10-12)23-11-22-13/h3,5-7,9-10H,2,4,8,11H2,1H3,(H,17,19). The highest BCUT2D eigenvalue weighted by Gasteiger charge is 2.21. The van der Waals surface area contributed by atoms with E-state index in [0.717, 1.165) is 0 Å². The zero-order valence-electron chi connectivity index (χ0n) is 13.6. The molecule has 1 aliphatic rings. The minimum Gasteiger partial charge on any atom is -0.454 e. The Morgan fingerprint density at radius 1 is 1.28 bits per heavy atom. The second kappa shape index (κ2) is 7.42. The lowest BCUT2D eigenvalue weighted by Crippen LogP contribution is -2.28. The van der Waals surface area contributed by atoms with Crippen LogP contribution in [0.2, 0.25) is 0 Å². The number of nitrogens with one attached hydrogen (secondary N) is 1. The largest absolute Gasteiger partial charge is 0.454 e. The Labute approximate surface area is 150 Å². The van der Waals surface area contributed by atoms with Gasteiger partial charge in [-0.05, 0) is 30.0 Å². The third kappa shape index (κ3) is 4.12. The number of benzene rings is 1. The molecular weight excluding hydrogens is 364 g/mol. The molecule has 2 heterocycles. The second-order valence-corrected chi connectivity index (χ2v) is 8.70. The van der Waals surface area contributed by atoms with Gasteiger partial charge in [-0.3, -0.25) is 4.79 Å². The fourth-order valence-electron chi connectivity index (χ4n) is 2.34. The normalized spacial score (nSPS) is 13.2. The van der Waals surface area contributed by atoms with Gasteiger partial charge < -0.3 is 14.8 Å². The molecule has 25 heavy (non-hydrogen) atoms. The number of thiophene rings is 1. The molecule has 0 aliphatic carbocycles. The van der Waals surface area contributed by atoms with Crippen LogP contribution in [0, 0.1) is 0 Å². The molecule has 1 aromatic carbocycles. The maximum atomic E-state index is 12.3. The first-order valence-corrected chi connectivity index (χ1v) is 9.98. The van der Waals surface area contributed by atoms with Crippen molar-refractivity contribution in [3.8, 4) is 11.5 Å². The number of nitrogens with zero attached hydrogens (tertiary/aromatic N) is 1. The zero-order chi connectivity index (χ0) is 17.9. The molecule has 1 N–H and O–H groups in total. The van der Waals surface area contributed by atoms with Crippen LogP contribution in [-0.4, -0.2) is 39.0 Å². The fourth-order valence-corrected chi connectivity index (χ4v) is 4.75. The molecule has 9 heteroatoms. The van der Waals surface area contributed by atoms with Gasteiger partial charge >= 0.3 is 0 Å². The van der Waals surface area contributed by atoms with E-state index in [2.05, 4.69) is 5.32 Å². The van der Waals surface area contributed by atoms with E-state index in [0.29, 0.717) is 27.8 Å². The van der Waals surface area contributed by atoms with E-state index in [-0.39, 0.29) is 25.7 Å². The summed E-state index contributed by atoms with van der Waals surface area (Å²) in [6.07, 6.45) is 0.649. The molecular formula is C16H18N2O5S2. The monoisotopic (exact) mass is 382 g/mol. The number of hydrogen-bond acceptors (Lipinski definition) is 6. The highest BCUT2D eigenvalue weighted by molar-refractivity contribution is 7.91. The summed E-state index contributed by atoms with van der Waals surface area (Å²) in [5.74, 6) is 1.07. The molecule has 0 atom stereocenters. The molecule has 2 aromatic rings. The number of anilines is 1. The third-order valence-corrected chi connectivity index (χ3v) is 6.92. The third-order valence-electron chi connectivity index (χ3n) is 3.69. The summed E-state index contributed by atoms with van der Waals surface area (Å²) in [5.41, 5.74) is 0.619. The average Bonchev–Trinajstić information content (AvgIpc) is 3.26. The Morgan fingerprint density at radius 3 is 2.84 bits per heavy atom. The van der Waals surface area contributed by atoms with Crippen LogP contribution in [0.25, 0.3) is 0 Å². The number of amides is 1. The van der Waals surface area contributed by atoms with Crippen LogP contribution in [0.5, 0.6) is 11.5 Å². The number of rotatable bonds is 7. The van der Waals surface area contributed by atoms with E-state index < -0.39 is 10.0 Å². The predicted molar refractivity (Wildman–Crippen MR) is 94.6 cm³/mol. The molecule has 1 aromatic heterocycles. The van der Waals surface area contributed by atoms with Gasteiger partial charge in [0.1, 0.15) is 4.21 Å². The van der Waals surface area contributed by atoms with Gasteiger partial charge in [-0.25, -0.2) is 12.7 Å². The van der Waals surface area contributed by atoms with Gasteiger partial charge in [-0.15, -0.1) is 11.3 Å². The second-order valence-electron chi connectivity index (χ2n) is 5.48. The van der Waals surface area contributed by atoms with Crippen LogP contribution in [0.3, 0.4) is 0 Å². The predicted octanol–water partition coefficient (Wildman–Crippen LogP) is 2.52. The number of carbonyl (C=O) groups is 1. The highest BCUT2D eigenvalue weighted by Crippen LogP contribution is 2.34. The van der Waals surface area contributed by atoms with Crippen molar-refractivity contribution in [2.75, 3.05) is 25.7 Å². The molecule has 0 radical (unpaired) electrons. The molecule has 0 fully saturated rings. The van der Waals surface area contributed by atoms with Gasteiger partial charge in [0, 0.05) is 31.8 Å². The van der Waals surface area contributed by atoms with Crippen LogP contribution in [0.1, 0.15) is 12.8 Å². The first-order valence-electron chi connectivity index (χ1n) is 7.66. The summed E-state index contributed by atoms with van der Waals surface area (Å²) in [4.78, 5) is 12.0. The zero-order valence-corrected chi connectivity index (χ0v) is 15.2. The molecule has 0 unspecified atom stereocenters. The van der Waals surface area contributed by atoms with Crippen molar-refractivity contribution in [1.29, 1.82) is 0 Å². The average molecular weight is 382 g/mol. The van der Waals surface area contributed by atoms with Crippen LogP contribution in [0.4, 0.5) is 5.69 Å². The minimum absolute atomic E-state index is 0.178. The maximum absolute atomic E-state index is 12.3. The summed E-state index contributed by atoms with van der Waals surface area (Å²) in [6, 6.07) is 8.44. The Balaban J connectivity index is 1.48. The lowest BCUT2D eigenvalue weighted by molar-refractivity contribution is -0.116. The van der Waals surface area contributed by atoms with Gasteiger partial charge in [-0.2, -0.15) is 0 Å². The number of ether oxygens (including phenoxy) is 2. The van der Waals surface area contributed by atoms with E-state index in [9.17, 15) is 13.2 Å². The van der Waals surface area contributed by atoms with Gasteiger partial charge in [0.25, 0.3) is 10.0 Å². The number of hydrogen-bond donors (Lipinski definition) is 1. The summed E-state index contributed by atoms with van der Waals surface area (Å²) >= 11 is 1.18. The molecule has 1 amide bonds. The molecule has 0 saturated carbocycles. The first-order chi connectivity index (χ1) is 12.0. The summed E-state index contributed by atoms with van der Waals surface area (Å²) in [7, 11) is -1.95. The summed E-state index contributed by atoms with van der Waals surface area (Å²) in [6.45, 7) is 0.451.